The van der Waals surface area contributed by atoms with E-state index in [0.29, 0.717) is 12.5 Å². The lowest BCUT2D eigenvalue weighted by molar-refractivity contribution is 0.0702. The van der Waals surface area contributed by atoms with Crippen LogP contribution in [0.25, 0.3) is 0 Å². The zero-order valence-corrected chi connectivity index (χ0v) is 12.6. The number of carboxylic acid groups (broad SMARTS) is 1. The molecule has 2 heterocycles. The highest BCUT2D eigenvalue weighted by atomic mass is 32.2. The van der Waals surface area contributed by atoms with Crippen molar-refractivity contribution in [1.29, 1.82) is 0 Å². The number of rotatable bonds is 3. The summed E-state index contributed by atoms with van der Waals surface area (Å²) >= 11 is 0.967. The maximum absolute atomic E-state index is 12.7. The fraction of sp³-hybridized carbons (Fsp3) is 0.615. The van der Waals surface area contributed by atoms with Crippen molar-refractivity contribution in [2.45, 2.75) is 43.0 Å². The summed E-state index contributed by atoms with van der Waals surface area (Å²) in [5.41, 5.74) is 0. The van der Waals surface area contributed by atoms with Gasteiger partial charge in [-0.2, -0.15) is 4.31 Å². The number of hydrogen-bond acceptors (Lipinski definition) is 4. The van der Waals surface area contributed by atoms with Crippen LogP contribution in [0.5, 0.6) is 0 Å². The van der Waals surface area contributed by atoms with E-state index in [0.717, 1.165) is 37.0 Å². The van der Waals surface area contributed by atoms with Crippen LogP contribution in [0, 0.1) is 5.92 Å². The Morgan fingerprint density at radius 3 is 2.75 bits per heavy atom. The van der Waals surface area contributed by atoms with E-state index in [1.807, 2.05) is 0 Å². The lowest BCUT2D eigenvalue weighted by Crippen LogP contribution is -2.39. The molecule has 2 unspecified atom stereocenters. The number of nitrogens with zero attached hydrogens (tertiary/aromatic N) is 1. The Kier molecular flexibility index (Phi) is 3.60. The first-order chi connectivity index (χ1) is 9.50. The minimum atomic E-state index is -3.54. The fourth-order valence-electron chi connectivity index (χ4n) is 3.36. The Balaban J connectivity index is 1.89. The monoisotopic (exact) mass is 315 g/mol. The molecule has 0 amide bonds. The summed E-state index contributed by atoms with van der Waals surface area (Å²) in [5.74, 6) is -0.593. The maximum atomic E-state index is 12.7. The van der Waals surface area contributed by atoms with Gasteiger partial charge in [-0.15, -0.1) is 11.3 Å². The van der Waals surface area contributed by atoms with Gasteiger partial charge >= 0.3 is 5.97 Å². The number of thiophene rings is 1. The molecule has 1 N–H and O–H groups in total. The van der Waals surface area contributed by atoms with Crippen molar-refractivity contribution in [1.82, 2.24) is 4.31 Å². The van der Waals surface area contributed by atoms with Crippen molar-refractivity contribution in [3.05, 3.63) is 16.3 Å². The van der Waals surface area contributed by atoms with Gasteiger partial charge in [0.2, 0.25) is 10.0 Å². The summed E-state index contributed by atoms with van der Waals surface area (Å²) in [7, 11) is -3.54. The maximum Gasteiger partial charge on any atom is 0.345 e. The van der Waals surface area contributed by atoms with E-state index in [4.69, 9.17) is 5.11 Å². The van der Waals surface area contributed by atoms with Gasteiger partial charge in [0.25, 0.3) is 0 Å². The molecule has 0 bridgehead atoms. The molecule has 2 aliphatic rings. The van der Waals surface area contributed by atoms with Gasteiger partial charge in [-0.3, -0.25) is 0 Å². The molecule has 110 valence electrons. The van der Waals surface area contributed by atoms with E-state index < -0.39 is 16.0 Å². The van der Waals surface area contributed by atoms with E-state index >= 15 is 0 Å². The summed E-state index contributed by atoms with van der Waals surface area (Å²) in [4.78, 5) is 11.1. The average Bonchev–Trinajstić information content (AvgIpc) is 3.06. The zero-order valence-electron chi connectivity index (χ0n) is 11.0. The molecule has 20 heavy (non-hydrogen) atoms. The van der Waals surface area contributed by atoms with Gasteiger partial charge in [-0.05, 0) is 31.2 Å². The van der Waals surface area contributed by atoms with E-state index in [2.05, 4.69) is 0 Å². The van der Waals surface area contributed by atoms with Crippen LogP contribution in [0.1, 0.15) is 41.8 Å². The van der Waals surface area contributed by atoms with Crippen LogP contribution in [0.3, 0.4) is 0 Å². The van der Waals surface area contributed by atoms with E-state index in [-0.39, 0.29) is 15.8 Å². The number of carbonyl (C=O) groups is 1. The Bertz CT molecular complexity index is 622. The molecule has 3 rings (SSSR count). The second kappa shape index (κ2) is 5.13. The lowest BCUT2D eigenvalue weighted by atomic mass is 9.86. The molecule has 0 aromatic carbocycles. The predicted molar refractivity (Wildman–Crippen MR) is 75.5 cm³/mol. The molecule has 1 aromatic heterocycles. The third-order valence-corrected chi connectivity index (χ3v) is 7.32. The van der Waals surface area contributed by atoms with E-state index in [1.165, 1.54) is 17.9 Å². The van der Waals surface area contributed by atoms with Crippen LogP contribution in [0.4, 0.5) is 0 Å². The summed E-state index contributed by atoms with van der Waals surface area (Å²) in [6.45, 7) is 0.565. The molecule has 2 fully saturated rings. The topological polar surface area (TPSA) is 74.7 Å². The molecule has 1 saturated carbocycles. The average molecular weight is 315 g/mol. The van der Waals surface area contributed by atoms with Gasteiger partial charge in [0, 0.05) is 18.0 Å². The van der Waals surface area contributed by atoms with Crippen molar-refractivity contribution in [2.24, 2.45) is 5.92 Å². The SMILES string of the molecule is O=C(O)c1cc(S(=O)(=O)N2CCC3CCCCC32)cs1. The zero-order chi connectivity index (χ0) is 14.3. The first-order valence-corrected chi connectivity index (χ1v) is 9.16. The number of sulfonamides is 1. The van der Waals surface area contributed by atoms with Gasteiger partial charge in [0.05, 0.1) is 4.90 Å². The lowest BCUT2D eigenvalue weighted by Gasteiger charge is -2.30. The smallest absolute Gasteiger partial charge is 0.345 e. The summed E-state index contributed by atoms with van der Waals surface area (Å²) in [6.07, 6.45) is 5.24. The summed E-state index contributed by atoms with van der Waals surface area (Å²) in [5, 5.41) is 10.4. The highest BCUT2D eigenvalue weighted by Gasteiger charge is 2.42. The van der Waals surface area contributed by atoms with Gasteiger partial charge in [0.1, 0.15) is 4.88 Å². The Labute approximate surface area is 122 Å². The second-order valence-electron chi connectivity index (χ2n) is 5.47. The molecule has 1 aliphatic carbocycles. The van der Waals surface area contributed by atoms with E-state index in [9.17, 15) is 13.2 Å². The fourth-order valence-corrected chi connectivity index (χ4v) is 6.19. The van der Waals surface area contributed by atoms with Crippen LogP contribution in [-0.4, -0.2) is 36.4 Å². The second-order valence-corrected chi connectivity index (χ2v) is 8.27. The normalized spacial score (nSPS) is 27.4. The Morgan fingerprint density at radius 2 is 2.05 bits per heavy atom. The number of fused-ring (bicyclic) bond motifs is 1. The first kappa shape index (κ1) is 14.0. The molecule has 5 nitrogen and oxygen atoms in total. The minimum Gasteiger partial charge on any atom is -0.477 e. The first-order valence-electron chi connectivity index (χ1n) is 6.84. The van der Waals surface area contributed by atoms with Crippen LogP contribution < -0.4 is 0 Å². The van der Waals surface area contributed by atoms with Crippen LogP contribution in [0.2, 0.25) is 0 Å². The number of hydrogen-bond donors (Lipinski definition) is 1. The highest BCUT2D eigenvalue weighted by molar-refractivity contribution is 7.89. The number of carboxylic acids is 1. The minimum absolute atomic E-state index is 0.0722. The van der Waals surface area contributed by atoms with Gasteiger partial charge in [0.15, 0.2) is 0 Å². The van der Waals surface area contributed by atoms with Crippen molar-refractivity contribution in [3.63, 3.8) is 0 Å². The molecule has 0 radical (unpaired) electrons. The van der Waals surface area contributed by atoms with Crippen molar-refractivity contribution in [2.75, 3.05) is 6.54 Å². The quantitative estimate of drug-likeness (QED) is 0.929. The molecule has 7 heteroatoms. The molecule has 1 saturated heterocycles. The predicted octanol–water partition coefficient (Wildman–Crippen LogP) is 2.40. The third-order valence-electron chi connectivity index (χ3n) is 4.35. The van der Waals surface area contributed by atoms with Crippen LogP contribution in [0.15, 0.2) is 16.3 Å². The van der Waals surface area contributed by atoms with Crippen molar-refractivity contribution in [3.8, 4) is 0 Å². The molecular formula is C13H17NO4S2. The third kappa shape index (κ3) is 2.27. The molecular weight excluding hydrogens is 298 g/mol. The van der Waals surface area contributed by atoms with Crippen LogP contribution >= 0.6 is 11.3 Å². The standard InChI is InChI=1S/C13H17NO4S2/c15-13(16)12-7-10(8-19-12)20(17,18)14-6-5-9-3-1-2-4-11(9)14/h7-9,11H,1-6H2,(H,15,16). The van der Waals surface area contributed by atoms with Crippen molar-refractivity contribution < 1.29 is 18.3 Å². The summed E-state index contributed by atoms with van der Waals surface area (Å²) in [6, 6.07) is 1.39. The molecule has 1 aliphatic heterocycles. The van der Waals surface area contributed by atoms with Gasteiger partial charge in [-0.25, -0.2) is 13.2 Å². The summed E-state index contributed by atoms with van der Waals surface area (Å²) < 4.78 is 26.9. The molecule has 2 atom stereocenters. The number of aromatic carboxylic acids is 1. The Morgan fingerprint density at radius 1 is 1.30 bits per heavy atom. The van der Waals surface area contributed by atoms with Crippen LogP contribution in [-0.2, 0) is 10.0 Å². The largest absolute Gasteiger partial charge is 0.477 e. The molecule has 1 aromatic rings. The van der Waals surface area contributed by atoms with Crippen molar-refractivity contribution >= 4 is 27.3 Å². The Hall–Kier alpha value is -0.920. The van der Waals surface area contributed by atoms with E-state index in [1.54, 1.807) is 4.31 Å². The highest BCUT2D eigenvalue weighted by Crippen LogP contribution is 2.39. The molecule has 0 spiro atoms. The van der Waals surface area contributed by atoms with Gasteiger partial charge < -0.3 is 5.11 Å². The van der Waals surface area contributed by atoms with Gasteiger partial charge in [-0.1, -0.05) is 12.8 Å².